The van der Waals surface area contributed by atoms with Crippen LogP contribution in [-0.4, -0.2) is 37.7 Å². The van der Waals surface area contributed by atoms with Crippen molar-refractivity contribution in [1.82, 2.24) is 5.32 Å². The van der Waals surface area contributed by atoms with Crippen molar-refractivity contribution in [3.8, 4) is 11.5 Å². The second-order valence-electron chi connectivity index (χ2n) is 5.56. The second kappa shape index (κ2) is 10.2. The Hall–Kier alpha value is -3.26. The molecule has 0 heterocycles. The third kappa shape index (κ3) is 6.81. The molecule has 3 amide bonds. The minimum Gasteiger partial charge on any atom is -0.497 e. The summed E-state index contributed by atoms with van der Waals surface area (Å²) in [6, 6.07) is 12.3. The maximum Gasteiger partial charge on any atom is 0.347 e. The monoisotopic (exact) mass is 406 g/mol. The summed E-state index contributed by atoms with van der Waals surface area (Å²) in [6.07, 6.45) is -0.959. The second-order valence-corrected chi connectivity index (χ2v) is 5.99. The first-order chi connectivity index (χ1) is 13.4. The Kier molecular flexibility index (Phi) is 7.65. The van der Waals surface area contributed by atoms with Crippen molar-refractivity contribution >= 4 is 35.2 Å². The zero-order chi connectivity index (χ0) is 20.5. The number of amides is 3. The van der Waals surface area contributed by atoms with E-state index >= 15 is 0 Å². The molecule has 1 atom stereocenters. The van der Waals surface area contributed by atoms with Gasteiger partial charge in [0, 0.05) is 10.7 Å². The number of methoxy groups -OCH3 is 1. The molecule has 0 aliphatic heterocycles. The number of hydrogen-bond donors (Lipinski definition) is 2. The molecule has 9 heteroatoms. The number of ether oxygens (including phenoxy) is 3. The van der Waals surface area contributed by atoms with Gasteiger partial charge in [-0.2, -0.15) is 0 Å². The van der Waals surface area contributed by atoms with Crippen molar-refractivity contribution in [3.05, 3.63) is 53.6 Å². The molecule has 2 aromatic rings. The number of carbonyl (C=O) groups is 3. The highest BCUT2D eigenvalue weighted by atomic mass is 35.5. The first-order valence-electron chi connectivity index (χ1n) is 8.21. The van der Waals surface area contributed by atoms with E-state index in [1.54, 1.807) is 48.5 Å². The van der Waals surface area contributed by atoms with Gasteiger partial charge in [-0.15, -0.1) is 0 Å². The van der Waals surface area contributed by atoms with Gasteiger partial charge < -0.3 is 19.5 Å². The largest absolute Gasteiger partial charge is 0.497 e. The molecule has 0 spiro atoms. The minimum atomic E-state index is -0.959. The number of carbonyl (C=O) groups excluding carboxylic acids is 3. The number of nitrogens with one attached hydrogen (secondary N) is 2. The maximum absolute atomic E-state index is 11.9. The number of urea groups is 1. The van der Waals surface area contributed by atoms with E-state index in [0.717, 1.165) is 0 Å². The molecule has 0 saturated carbocycles. The smallest absolute Gasteiger partial charge is 0.347 e. The van der Waals surface area contributed by atoms with Gasteiger partial charge in [-0.3, -0.25) is 10.1 Å². The SMILES string of the molecule is COc1ccc(NC(=O)NC(=O)COC(=O)C(C)Oc2cccc(Cl)c2)cc1. The number of rotatable bonds is 7. The Morgan fingerprint density at radius 3 is 2.43 bits per heavy atom. The van der Waals surface area contributed by atoms with Gasteiger partial charge in [-0.1, -0.05) is 17.7 Å². The predicted molar refractivity (Wildman–Crippen MR) is 103 cm³/mol. The molecular formula is C19H19ClN2O6. The van der Waals surface area contributed by atoms with Crippen LogP contribution in [0.5, 0.6) is 11.5 Å². The van der Waals surface area contributed by atoms with E-state index in [0.29, 0.717) is 22.2 Å². The summed E-state index contributed by atoms with van der Waals surface area (Å²) >= 11 is 5.84. The Morgan fingerprint density at radius 2 is 1.79 bits per heavy atom. The van der Waals surface area contributed by atoms with Crippen LogP contribution in [0.25, 0.3) is 0 Å². The lowest BCUT2D eigenvalue weighted by molar-refractivity contribution is -0.154. The summed E-state index contributed by atoms with van der Waals surface area (Å²) in [5, 5.41) is 4.98. The fourth-order valence-electron chi connectivity index (χ4n) is 2.05. The molecule has 2 rings (SSSR count). The summed E-state index contributed by atoms with van der Waals surface area (Å²) in [5.41, 5.74) is 0.464. The van der Waals surface area contributed by atoms with Crippen LogP contribution in [0.2, 0.25) is 5.02 Å². The van der Waals surface area contributed by atoms with Crippen molar-refractivity contribution in [2.45, 2.75) is 13.0 Å². The number of benzene rings is 2. The third-order valence-electron chi connectivity index (χ3n) is 3.39. The van der Waals surface area contributed by atoms with Crippen LogP contribution in [0, 0.1) is 0 Å². The Bertz CT molecular complexity index is 841. The molecule has 8 nitrogen and oxygen atoms in total. The summed E-state index contributed by atoms with van der Waals surface area (Å²) < 4.78 is 15.2. The van der Waals surface area contributed by atoms with E-state index in [-0.39, 0.29) is 0 Å². The molecular weight excluding hydrogens is 388 g/mol. The van der Waals surface area contributed by atoms with Gasteiger partial charge in [0.2, 0.25) is 0 Å². The molecule has 148 valence electrons. The van der Waals surface area contributed by atoms with Crippen molar-refractivity contribution in [2.24, 2.45) is 0 Å². The topological polar surface area (TPSA) is 103 Å². The van der Waals surface area contributed by atoms with Crippen LogP contribution < -0.4 is 20.1 Å². The summed E-state index contributed by atoms with van der Waals surface area (Å²) in [6.45, 7) is 0.843. The number of hydrogen-bond acceptors (Lipinski definition) is 6. The van der Waals surface area contributed by atoms with Crippen LogP contribution in [0.15, 0.2) is 48.5 Å². The Balaban J connectivity index is 1.74. The molecule has 0 bridgehead atoms. The lowest BCUT2D eigenvalue weighted by Gasteiger charge is -2.14. The van der Waals surface area contributed by atoms with E-state index < -0.39 is 30.6 Å². The normalized spacial score (nSPS) is 11.1. The summed E-state index contributed by atoms with van der Waals surface area (Å²) in [5.74, 6) is -0.525. The van der Waals surface area contributed by atoms with Gasteiger partial charge in [0.1, 0.15) is 11.5 Å². The van der Waals surface area contributed by atoms with E-state index in [9.17, 15) is 14.4 Å². The first kappa shape index (κ1) is 21.0. The highest BCUT2D eigenvalue weighted by Crippen LogP contribution is 2.18. The van der Waals surface area contributed by atoms with Crippen LogP contribution in [0.4, 0.5) is 10.5 Å². The highest BCUT2D eigenvalue weighted by molar-refractivity contribution is 6.30. The molecule has 2 N–H and O–H groups in total. The van der Waals surface area contributed by atoms with Gasteiger partial charge in [-0.25, -0.2) is 9.59 Å². The van der Waals surface area contributed by atoms with Crippen molar-refractivity contribution in [2.75, 3.05) is 19.0 Å². The quantitative estimate of drug-likeness (QED) is 0.685. The summed E-state index contributed by atoms with van der Waals surface area (Å²) in [7, 11) is 1.52. The lowest BCUT2D eigenvalue weighted by Crippen LogP contribution is -2.38. The molecule has 0 aliphatic carbocycles. The average molecular weight is 407 g/mol. The Labute approximate surface area is 166 Å². The number of imide groups is 1. The molecule has 0 radical (unpaired) electrons. The van der Waals surface area contributed by atoms with E-state index in [1.165, 1.54) is 14.0 Å². The van der Waals surface area contributed by atoms with Crippen LogP contribution in [0.1, 0.15) is 6.92 Å². The van der Waals surface area contributed by atoms with E-state index in [4.69, 9.17) is 25.8 Å². The molecule has 28 heavy (non-hydrogen) atoms. The van der Waals surface area contributed by atoms with Crippen molar-refractivity contribution in [1.29, 1.82) is 0 Å². The molecule has 0 aromatic heterocycles. The fourth-order valence-corrected chi connectivity index (χ4v) is 2.23. The number of halogens is 1. The average Bonchev–Trinajstić information content (AvgIpc) is 2.66. The van der Waals surface area contributed by atoms with E-state index in [2.05, 4.69) is 10.6 Å². The summed E-state index contributed by atoms with van der Waals surface area (Å²) in [4.78, 5) is 35.4. The molecule has 1 unspecified atom stereocenters. The van der Waals surface area contributed by atoms with Gasteiger partial charge >= 0.3 is 12.0 Å². The zero-order valence-corrected chi connectivity index (χ0v) is 16.0. The number of esters is 1. The third-order valence-corrected chi connectivity index (χ3v) is 3.62. The van der Waals surface area contributed by atoms with Crippen molar-refractivity contribution < 1.29 is 28.6 Å². The van der Waals surface area contributed by atoms with E-state index in [1.807, 2.05) is 0 Å². The fraction of sp³-hybridized carbons (Fsp3) is 0.211. The Morgan fingerprint density at radius 1 is 1.07 bits per heavy atom. The van der Waals surface area contributed by atoms with Gasteiger partial charge in [0.25, 0.3) is 5.91 Å². The molecule has 0 fully saturated rings. The van der Waals surface area contributed by atoms with Crippen molar-refractivity contribution in [3.63, 3.8) is 0 Å². The van der Waals surface area contributed by atoms with Crippen LogP contribution >= 0.6 is 11.6 Å². The molecule has 0 saturated heterocycles. The molecule has 0 aliphatic rings. The lowest BCUT2D eigenvalue weighted by atomic mass is 10.3. The molecule has 2 aromatic carbocycles. The van der Waals surface area contributed by atoms with Crippen LogP contribution in [0.3, 0.4) is 0 Å². The van der Waals surface area contributed by atoms with Gasteiger partial charge in [0.15, 0.2) is 12.7 Å². The standard InChI is InChI=1S/C19H19ClN2O6/c1-12(28-16-5-3-4-13(20)10-16)18(24)27-11-17(23)22-19(25)21-14-6-8-15(26-2)9-7-14/h3-10,12H,11H2,1-2H3,(H2,21,22,23,25). The maximum atomic E-state index is 11.9. The van der Waals surface area contributed by atoms with Gasteiger partial charge in [0.05, 0.1) is 7.11 Å². The number of anilines is 1. The first-order valence-corrected chi connectivity index (χ1v) is 8.59. The predicted octanol–water partition coefficient (Wildman–Crippen LogP) is 3.01. The highest BCUT2D eigenvalue weighted by Gasteiger charge is 2.18. The van der Waals surface area contributed by atoms with Crippen LogP contribution in [-0.2, 0) is 14.3 Å². The van der Waals surface area contributed by atoms with Gasteiger partial charge in [-0.05, 0) is 49.4 Å². The zero-order valence-electron chi connectivity index (χ0n) is 15.2. The minimum absolute atomic E-state index is 0.389.